The Labute approximate surface area is 317 Å². The highest BCUT2D eigenvalue weighted by molar-refractivity contribution is 5.76. The predicted octanol–water partition coefficient (Wildman–Crippen LogP) is -9.21. The SMILES string of the molecule is CC(=O)N[C@H]1[C@@H]2O[C@H]([C@H](O)CO)[C@@H]3O[C@@](C(=O)O)(C[C@H](O)[C@H]3NC(C)=O)O[C@H]3[C@H](O)[C@@H](CO)O[C@@H](O[C@H]1[C@H](O)[C@@H](CO)O2)[C@@H]3O[C@H]1O[C@H](CO)[C@H](O)[C@H](O)[C@H]1O. The van der Waals surface area contributed by atoms with Crippen LogP contribution in [0.2, 0.25) is 0 Å². The number of hydrogen-bond donors (Lipinski definition) is 14. The highest BCUT2D eigenvalue weighted by Crippen LogP contribution is 2.41. The van der Waals surface area contributed by atoms with Crippen molar-refractivity contribution in [2.24, 2.45) is 0 Å². The minimum atomic E-state index is -3.13. The van der Waals surface area contributed by atoms with E-state index in [1.807, 2.05) is 0 Å². The zero-order chi connectivity index (χ0) is 41.4. The molecule has 25 heteroatoms. The van der Waals surface area contributed by atoms with Crippen molar-refractivity contribution in [2.45, 2.75) is 149 Å². The molecule has 56 heavy (non-hydrogen) atoms. The molecule has 0 radical (unpaired) electrons. The summed E-state index contributed by atoms with van der Waals surface area (Å²) in [6.07, 6.45) is -36.5. The van der Waals surface area contributed by atoms with Crippen molar-refractivity contribution >= 4 is 17.8 Å². The van der Waals surface area contributed by atoms with Crippen molar-refractivity contribution in [3.63, 3.8) is 0 Å². The van der Waals surface area contributed by atoms with E-state index in [0.717, 1.165) is 13.8 Å². The molecular formula is C31H50N2O23. The van der Waals surface area contributed by atoms with Crippen LogP contribution < -0.4 is 10.6 Å². The summed E-state index contributed by atoms with van der Waals surface area (Å²) in [7, 11) is 0. The molecule has 0 aliphatic carbocycles. The lowest BCUT2D eigenvalue weighted by molar-refractivity contribution is -0.402. The molecule has 322 valence electrons. The number of carboxylic acids is 1. The van der Waals surface area contributed by atoms with Crippen LogP contribution in [0, 0.1) is 0 Å². The first-order chi connectivity index (χ1) is 26.4. The Hall–Kier alpha value is -2.35. The minimum Gasteiger partial charge on any atom is -0.477 e. The number of amides is 2. The van der Waals surface area contributed by atoms with E-state index < -0.39 is 179 Å². The lowest BCUT2D eigenvalue weighted by Gasteiger charge is -2.51. The van der Waals surface area contributed by atoms with Gasteiger partial charge in [-0.2, -0.15) is 0 Å². The van der Waals surface area contributed by atoms with Gasteiger partial charge in [0, 0.05) is 20.3 Å². The number of carboxylic acid groups (broad SMARTS) is 1. The van der Waals surface area contributed by atoms with Gasteiger partial charge in [-0.3, -0.25) is 9.59 Å². The maximum absolute atomic E-state index is 13.3. The molecule has 0 unspecified atom stereocenters. The third-order valence-electron chi connectivity index (χ3n) is 10.2. The molecule has 2 amide bonds. The summed E-state index contributed by atoms with van der Waals surface area (Å²) in [6, 6.07) is -3.36. The summed E-state index contributed by atoms with van der Waals surface area (Å²) in [5.74, 6) is -6.74. The van der Waals surface area contributed by atoms with E-state index >= 15 is 0 Å². The molecule has 0 aromatic carbocycles. The molecule has 25 nitrogen and oxygen atoms in total. The summed E-state index contributed by atoms with van der Waals surface area (Å²) in [5.41, 5.74) is 0. The molecule has 5 heterocycles. The molecule has 0 aromatic rings. The van der Waals surface area contributed by atoms with Crippen molar-refractivity contribution in [3.8, 4) is 0 Å². The number of rotatable bonds is 10. The van der Waals surface area contributed by atoms with Gasteiger partial charge in [0.25, 0.3) is 5.79 Å². The Morgan fingerprint density at radius 1 is 0.679 bits per heavy atom. The molecule has 21 atom stereocenters. The predicted molar refractivity (Wildman–Crippen MR) is 171 cm³/mol. The Bertz CT molecular complexity index is 1360. The molecule has 0 aromatic heterocycles. The van der Waals surface area contributed by atoms with Crippen LogP contribution >= 0.6 is 0 Å². The van der Waals surface area contributed by atoms with E-state index in [4.69, 9.17) is 37.9 Å². The van der Waals surface area contributed by atoms with Gasteiger partial charge in [-0.05, 0) is 0 Å². The lowest BCUT2D eigenvalue weighted by atomic mass is 9.87. The van der Waals surface area contributed by atoms with Gasteiger partial charge in [-0.1, -0.05) is 0 Å². The zero-order valence-electron chi connectivity index (χ0n) is 29.9. The molecule has 0 saturated carbocycles. The normalized spacial score (nSPS) is 47.6. The first kappa shape index (κ1) is 44.7. The topological polar surface area (TPSA) is 392 Å². The number of aliphatic carboxylic acids is 1. The van der Waals surface area contributed by atoms with Gasteiger partial charge in [-0.15, -0.1) is 0 Å². The summed E-state index contributed by atoms with van der Waals surface area (Å²) < 4.78 is 47.2. The molecule has 14 N–H and O–H groups in total. The average molecular weight is 819 g/mol. The Morgan fingerprint density at radius 3 is 1.77 bits per heavy atom. The number of ether oxygens (including phenoxy) is 8. The van der Waals surface area contributed by atoms with E-state index in [0.29, 0.717) is 0 Å². The van der Waals surface area contributed by atoms with Gasteiger partial charge >= 0.3 is 5.97 Å². The number of nitrogens with one attached hydrogen (secondary N) is 2. The quantitative estimate of drug-likeness (QED) is 0.0973. The first-order valence-corrected chi connectivity index (χ1v) is 17.7. The number of aliphatic hydroxyl groups is 11. The van der Waals surface area contributed by atoms with Crippen LogP contribution in [0.15, 0.2) is 0 Å². The Morgan fingerprint density at radius 2 is 1.21 bits per heavy atom. The number of fused-ring (bicyclic) bond motifs is 6. The number of hydrogen-bond acceptors (Lipinski definition) is 22. The van der Waals surface area contributed by atoms with Gasteiger partial charge < -0.3 is 110 Å². The van der Waals surface area contributed by atoms with Gasteiger partial charge in [0.2, 0.25) is 11.8 Å². The van der Waals surface area contributed by atoms with Gasteiger partial charge in [0.1, 0.15) is 91.5 Å². The van der Waals surface area contributed by atoms with Crippen molar-refractivity contribution in [3.05, 3.63) is 0 Å². The maximum Gasteiger partial charge on any atom is 0.364 e. The molecule has 5 saturated heterocycles. The highest BCUT2D eigenvalue weighted by Gasteiger charge is 2.63. The first-order valence-electron chi connectivity index (χ1n) is 17.7. The van der Waals surface area contributed by atoms with Crippen LogP contribution in [0.25, 0.3) is 0 Å². The second-order valence-electron chi connectivity index (χ2n) is 14.1. The molecule has 5 rings (SSSR count). The molecular weight excluding hydrogens is 768 g/mol. The fraction of sp³-hybridized carbons (Fsp3) is 0.903. The third-order valence-corrected chi connectivity index (χ3v) is 10.2. The van der Waals surface area contributed by atoms with E-state index in [9.17, 15) is 75.7 Å². The van der Waals surface area contributed by atoms with Crippen LogP contribution in [-0.2, 0) is 52.3 Å². The standard InChI is InChI=1S/C31H50N2O23/c1-8(38)32-15-10(40)3-31(30(47)48)55-24(15)22(11(41)4-34)52-27-16(33-9(2)39)23(18(43)13(6-36)49-27)53-29-26(25(56-31)19(44)14(7-37)51-29)54-28-21(46)20(45)17(42)12(5-35)50-28/h10-29,34-37,40-46H,3-7H2,1-2H3,(H,32,38)(H,33,39)(H,47,48)/t10-,11+,12+,13+,14+,15+,16+,17-,18+,19+,20-,21+,22+,23+,24+,25-,26+,27-,28+,29-,31-/m0/s1. The van der Waals surface area contributed by atoms with Crippen LogP contribution in [0.5, 0.6) is 0 Å². The second kappa shape index (κ2) is 18.3. The van der Waals surface area contributed by atoms with E-state index in [-0.39, 0.29) is 0 Å². The molecule has 0 spiro atoms. The van der Waals surface area contributed by atoms with Crippen molar-refractivity contribution < 1.29 is 114 Å². The highest BCUT2D eigenvalue weighted by atomic mass is 16.8. The monoisotopic (exact) mass is 818 g/mol. The largest absolute Gasteiger partial charge is 0.477 e. The van der Waals surface area contributed by atoms with Gasteiger partial charge in [0.05, 0.1) is 38.6 Å². The summed E-state index contributed by atoms with van der Waals surface area (Å²) in [5, 5.41) is 133. The van der Waals surface area contributed by atoms with E-state index in [2.05, 4.69) is 10.6 Å². The summed E-state index contributed by atoms with van der Waals surface area (Å²) >= 11 is 0. The number of carbonyl (C=O) groups excluding carboxylic acids is 2. The van der Waals surface area contributed by atoms with Crippen LogP contribution in [0.3, 0.4) is 0 Å². The van der Waals surface area contributed by atoms with Gasteiger partial charge in [-0.25, -0.2) is 4.79 Å². The fourth-order valence-corrected chi connectivity index (χ4v) is 7.43. The lowest BCUT2D eigenvalue weighted by Crippen LogP contribution is -2.71. The third kappa shape index (κ3) is 8.81. The second-order valence-corrected chi connectivity index (χ2v) is 14.1. The summed E-state index contributed by atoms with van der Waals surface area (Å²) in [6.45, 7) is -2.00. The van der Waals surface area contributed by atoms with Crippen molar-refractivity contribution in [2.75, 3.05) is 26.4 Å². The maximum atomic E-state index is 13.3. The Kier molecular flexibility index (Phi) is 14.6. The van der Waals surface area contributed by atoms with E-state index in [1.54, 1.807) is 0 Å². The molecule has 5 fully saturated rings. The Balaban J connectivity index is 1.75. The minimum absolute atomic E-state index is 0.801. The number of aliphatic hydroxyl groups excluding tert-OH is 11. The van der Waals surface area contributed by atoms with Crippen LogP contribution in [0.4, 0.5) is 0 Å². The molecule has 6 bridgehead atoms. The van der Waals surface area contributed by atoms with Crippen LogP contribution in [-0.4, -0.2) is 234 Å². The smallest absolute Gasteiger partial charge is 0.364 e. The molecule has 5 aliphatic heterocycles. The van der Waals surface area contributed by atoms with E-state index in [1.165, 1.54) is 0 Å². The van der Waals surface area contributed by atoms with Crippen molar-refractivity contribution in [1.82, 2.24) is 10.6 Å². The average Bonchev–Trinajstić information content (AvgIpc) is 3.15. The number of carbonyl (C=O) groups is 3. The molecule has 5 aliphatic rings. The fourth-order valence-electron chi connectivity index (χ4n) is 7.43. The van der Waals surface area contributed by atoms with Crippen molar-refractivity contribution in [1.29, 1.82) is 0 Å². The van der Waals surface area contributed by atoms with Gasteiger partial charge in [0.15, 0.2) is 18.9 Å². The zero-order valence-corrected chi connectivity index (χ0v) is 29.9. The van der Waals surface area contributed by atoms with Crippen LogP contribution in [0.1, 0.15) is 20.3 Å². The summed E-state index contributed by atoms with van der Waals surface area (Å²) in [4.78, 5) is 38.3.